The minimum atomic E-state index is -2.24. The molecule has 0 aliphatic carbocycles. The fourth-order valence-corrected chi connectivity index (χ4v) is 13.4. The van der Waals surface area contributed by atoms with Gasteiger partial charge in [0.25, 0.3) is 0 Å². The first kappa shape index (κ1) is 35.5. The molecule has 0 radical (unpaired) electrons. The van der Waals surface area contributed by atoms with Crippen molar-refractivity contribution in [2.45, 2.75) is 13.1 Å². The standard InChI is InChI=1S/C58H42N2Si/c1-61(2)56-33-17-30-49-51-38-55(60(42-24-7-4-8-25-42)54-32-16-21-40-19-10-12-27-45(40)54)47-29-14-13-28-46(47)50(51)37-52(58(49)56)48-35-34-43(36-57(48)61)59(41-22-5-3-6-23-41)53-31-15-20-39-18-9-11-26-44(39)53/h3-38H,1-2H3. The van der Waals surface area contributed by atoms with E-state index in [0.717, 1.165) is 11.4 Å². The van der Waals surface area contributed by atoms with Gasteiger partial charge >= 0.3 is 0 Å². The van der Waals surface area contributed by atoms with Gasteiger partial charge in [0.05, 0.1) is 17.1 Å². The molecule has 0 saturated carbocycles. The molecule has 11 aromatic carbocycles. The Labute approximate surface area is 357 Å². The van der Waals surface area contributed by atoms with Gasteiger partial charge in [-0.1, -0.05) is 171 Å². The van der Waals surface area contributed by atoms with Gasteiger partial charge in [0.2, 0.25) is 0 Å². The van der Waals surface area contributed by atoms with Crippen molar-refractivity contribution in [2.75, 3.05) is 9.80 Å². The van der Waals surface area contributed by atoms with Crippen LogP contribution >= 0.6 is 0 Å². The summed E-state index contributed by atoms with van der Waals surface area (Å²) in [4.78, 5) is 4.93. The molecule has 1 aliphatic rings. The Kier molecular flexibility index (Phi) is 8.03. The molecule has 12 rings (SSSR count). The molecule has 0 aromatic heterocycles. The fourth-order valence-electron chi connectivity index (χ4n) is 10.3. The van der Waals surface area contributed by atoms with E-state index in [2.05, 4.69) is 241 Å². The molecule has 0 spiro atoms. The van der Waals surface area contributed by atoms with Gasteiger partial charge in [-0.15, -0.1) is 0 Å². The highest BCUT2D eigenvalue weighted by molar-refractivity contribution is 7.03. The molecule has 0 saturated heterocycles. The van der Waals surface area contributed by atoms with Gasteiger partial charge in [-0.25, -0.2) is 0 Å². The summed E-state index contributed by atoms with van der Waals surface area (Å²) in [5, 5.41) is 15.7. The number of nitrogens with zero attached hydrogens (tertiary/aromatic N) is 2. The van der Waals surface area contributed by atoms with Crippen LogP contribution in [0.15, 0.2) is 218 Å². The summed E-state index contributed by atoms with van der Waals surface area (Å²) in [5.74, 6) is 0. The molecule has 0 bridgehead atoms. The molecular formula is C58H42N2Si. The number of benzene rings is 11. The monoisotopic (exact) mass is 794 g/mol. The van der Waals surface area contributed by atoms with E-state index in [1.54, 1.807) is 0 Å². The number of hydrogen-bond acceptors (Lipinski definition) is 2. The largest absolute Gasteiger partial charge is 0.310 e. The van der Waals surface area contributed by atoms with Crippen LogP contribution in [0.1, 0.15) is 0 Å². The molecule has 0 N–H and O–H groups in total. The Hall–Kier alpha value is -7.46. The quantitative estimate of drug-likeness (QED) is 0.122. The maximum atomic E-state index is 2.55. The molecule has 1 aliphatic heterocycles. The van der Waals surface area contributed by atoms with Crippen LogP contribution in [0.2, 0.25) is 13.1 Å². The summed E-state index contributed by atoms with van der Waals surface area (Å²) in [6, 6.07) is 80.9. The number of para-hydroxylation sites is 2. The summed E-state index contributed by atoms with van der Waals surface area (Å²) < 4.78 is 0. The van der Waals surface area contributed by atoms with Crippen molar-refractivity contribution >= 4 is 106 Å². The van der Waals surface area contributed by atoms with Gasteiger partial charge in [0, 0.05) is 33.2 Å². The maximum Gasteiger partial charge on any atom is 0.113 e. The van der Waals surface area contributed by atoms with Crippen LogP contribution in [-0.2, 0) is 0 Å². The van der Waals surface area contributed by atoms with Gasteiger partial charge in [0.15, 0.2) is 0 Å². The zero-order chi connectivity index (χ0) is 40.7. The van der Waals surface area contributed by atoms with Crippen molar-refractivity contribution in [3.05, 3.63) is 218 Å². The fraction of sp³-hybridized carbons (Fsp3) is 0.0345. The van der Waals surface area contributed by atoms with E-state index < -0.39 is 8.07 Å². The zero-order valence-corrected chi connectivity index (χ0v) is 35.2. The molecule has 11 aromatic rings. The Morgan fingerprint density at radius 2 is 0.803 bits per heavy atom. The van der Waals surface area contributed by atoms with Crippen molar-refractivity contribution in [3.63, 3.8) is 0 Å². The van der Waals surface area contributed by atoms with Crippen LogP contribution < -0.4 is 20.2 Å². The predicted molar refractivity (Wildman–Crippen MR) is 266 cm³/mol. The van der Waals surface area contributed by atoms with E-state index in [9.17, 15) is 0 Å². The summed E-state index contributed by atoms with van der Waals surface area (Å²) in [6.45, 7) is 5.09. The molecule has 3 heteroatoms. The highest BCUT2D eigenvalue weighted by Gasteiger charge is 2.37. The summed E-state index contributed by atoms with van der Waals surface area (Å²) in [5.41, 5.74) is 9.68. The van der Waals surface area contributed by atoms with Crippen LogP contribution in [0.5, 0.6) is 0 Å². The van der Waals surface area contributed by atoms with Crippen molar-refractivity contribution < 1.29 is 0 Å². The lowest BCUT2D eigenvalue weighted by Gasteiger charge is -2.36. The van der Waals surface area contributed by atoms with Crippen LogP contribution in [0.25, 0.3) is 65.0 Å². The van der Waals surface area contributed by atoms with E-state index in [4.69, 9.17) is 0 Å². The third-order valence-electron chi connectivity index (χ3n) is 13.2. The smallest absolute Gasteiger partial charge is 0.113 e. The first-order valence-electron chi connectivity index (χ1n) is 21.3. The lowest BCUT2D eigenvalue weighted by atomic mass is 9.89. The lowest BCUT2D eigenvalue weighted by molar-refractivity contribution is 1.30. The van der Waals surface area contributed by atoms with E-state index in [-0.39, 0.29) is 0 Å². The van der Waals surface area contributed by atoms with Gasteiger partial charge in [-0.2, -0.15) is 0 Å². The Bertz CT molecular complexity index is 3510. The molecular weight excluding hydrogens is 753 g/mol. The number of hydrogen-bond donors (Lipinski definition) is 0. The van der Waals surface area contributed by atoms with Crippen molar-refractivity contribution in [1.29, 1.82) is 0 Å². The second-order valence-corrected chi connectivity index (χ2v) is 21.2. The molecule has 2 nitrogen and oxygen atoms in total. The summed E-state index contributed by atoms with van der Waals surface area (Å²) >= 11 is 0. The second-order valence-electron chi connectivity index (χ2n) is 16.9. The molecule has 61 heavy (non-hydrogen) atoms. The number of rotatable bonds is 6. The summed E-state index contributed by atoms with van der Waals surface area (Å²) in [7, 11) is -2.24. The van der Waals surface area contributed by atoms with Gasteiger partial charge < -0.3 is 9.80 Å². The highest BCUT2D eigenvalue weighted by atomic mass is 28.3. The molecule has 0 unspecified atom stereocenters. The van der Waals surface area contributed by atoms with E-state index >= 15 is 0 Å². The van der Waals surface area contributed by atoms with E-state index in [1.165, 1.54) is 98.1 Å². The zero-order valence-electron chi connectivity index (χ0n) is 34.2. The van der Waals surface area contributed by atoms with Crippen LogP contribution in [0.4, 0.5) is 34.1 Å². The van der Waals surface area contributed by atoms with Crippen molar-refractivity contribution in [1.82, 2.24) is 0 Å². The van der Waals surface area contributed by atoms with Gasteiger partial charge in [0.1, 0.15) is 8.07 Å². The van der Waals surface area contributed by atoms with Crippen LogP contribution in [-0.4, -0.2) is 8.07 Å². The van der Waals surface area contributed by atoms with Crippen molar-refractivity contribution in [2.24, 2.45) is 0 Å². The van der Waals surface area contributed by atoms with E-state index in [1.807, 2.05) is 0 Å². The maximum absolute atomic E-state index is 2.55. The predicted octanol–water partition coefficient (Wildman–Crippen LogP) is 15.2. The summed E-state index contributed by atoms with van der Waals surface area (Å²) in [6.07, 6.45) is 0. The molecule has 0 amide bonds. The first-order chi connectivity index (χ1) is 30.0. The molecule has 288 valence electrons. The minimum Gasteiger partial charge on any atom is -0.310 e. The third-order valence-corrected chi connectivity index (χ3v) is 16.7. The third kappa shape index (κ3) is 5.48. The Morgan fingerprint density at radius 1 is 0.295 bits per heavy atom. The molecule has 0 fully saturated rings. The van der Waals surface area contributed by atoms with Crippen LogP contribution in [0, 0.1) is 0 Å². The SMILES string of the molecule is C[Si]1(C)c2cc(N(c3ccccc3)c3cccc4ccccc34)ccc2-c2cc3c4ccccc4c(N(c4ccccc4)c4cccc5ccccc45)cc3c3cccc1c23. The normalized spacial score (nSPS) is 12.9. The second kappa shape index (κ2) is 13.8. The average molecular weight is 795 g/mol. The van der Waals surface area contributed by atoms with Gasteiger partial charge in [-0.05, 0) is 120 Å². The lowest BCUT2D eigenvalue weighted by Crippen LogP contribution is -2.56. The number of fused-ring (bicyclic) bond motifs is 8. The molecule has 0 atom stereocenters. The first-order valence-corrected chi connectivity index (χ1v) is 24.3. The van der Waals surface area contributed by atoms with Gasteiger partial charge in [-0.3, -0.25) is 0 Å². The van der Waals surface area contributed by atoms with Crippen molar-refractivity contribution in [3.8, 4) is 11.1 Å². The topological polar surface area (TPSA) is 6.48 Å². The molecule has 1 heterocycles. The Morgan fingerprint density at radius 3 is 1.48 bits per heavy atom. The average Bonchev–Trinajstić information content (AvgIpc) is 3.32. The van der Waals surface area contributed by atoms with Crippen LogP contribution in [0.3, 0.4) is 0 Å². The van der Waals surface area contributed by atoms with E-state index in [0.29, 0.717) is 0 Å². The highest BCUT2D eigenvalue weighted by Crippen LogP contribution is 2.48. The minimum absolute atomic E-state index is 1.14. The number of anilines is 6. The Balaban J connectivity index is 1.12.